The molecule has 0 radical (unpaired) electrons. The third-order valence-electron chi connectivity index (χ3n) is 8.01. The fraction of sp³-hybridized carbons (Fsp3) is 0.810. The van der Waals surface area contributed by atoms with Crippen molar-refractivity contribution in [3.8, 4) is 0 Å². The molecule has 3 unspecified atom stereocenters. The smallest absolute Gasteiger partial charge is 0.302 e. The highest BCUT2D eigenvalue weighted by atomic mass is 16.5. The van der Waals surface area contributed by atoms with Crippen molar-refractivity contribution >= 4 is 11.8 Å². The molecule has 0 aromatic carbocycles. The summed E-state index contributed by atoms with van der Waals surface area (Å²) in [6, 6.07) is 0. The Morgan fingerprint density at radius 2 is 1.92 bits per heavy atom. The van der Waals surface area contributed by atoms with Crippen molar-refractivity contribution in [3.05, 3.63) is 11.6 Å². The van der Waals surface area contributed by atoms with Gasteiger partial charge in [-0.3, -0.25) is 9.59 Å². The third kappa shape index (κ3) is 2.30. The van der Waals surface area contributed by atoms with E-state index in [0.29, 0.717) is 23.0 Å². The number of rotatable bonds is 1. The first-order valence-corrected chi connectivity index (χ1v) is 9.76. The van der Waals surface area contributed by atoms with Gasteiger partial charge in [-0.25, -0.2) is 0 Å². The first-order valence-electron chi connectivity index (χ1n) is 9.76. The molecule has 4 rings (SSSR count). The van der Waals surface area contributed by atoms with Gasteiger partial charge in [0.05, 0.1) is 0 Å². The monoisotopic (exact) mass is 330 g/mol. The van der Waals surface area contributed by atoms with Crippen molar-refractivity contribution in [2.24, 2.45) is 28.6 Å². The van der Waals surface area contributed by atoms with Gasteiger partial charge in [-0.1, -0.05) is 25.8 Å². The van der Waals surface area contributed by atoms with E-state index in [9.17, 15) is 9.59 Å². The van der Waals surface area contributed by atoms with Crippen LogP contribution in [-0.2, 0) is 14.3 Å². The van der Waals surface area contributed by atoms with Crippen LogP contribution < -0.4 is 0 Å². The normalized spacial score (nSPS) is 47.3. The molecule has 0 heterocycles. The highest BCUT2D eigenvalue weighted by Crippen LogP contribution is 2.64. The molecule has 4 aliphatic carbocycles. The van der Waals surface area contributed by atoms with Crippen LogP contribution in [0.3, 0.4) is 0 Å². The average Bonchev–Trinajstić information content (AvgIpc) is 2.90. The van der Waals surface area contributed by atoms with E-state index in [1.165, 1.54) is 44.6 Å². The molecule has 0 aromatic rings. The van der Waals surface area contributed by atoms with E-state index < -0.39 is 0 Å². The van der Waals surface area contributed by atoms with Gasteiger partial charge in [-0.15, -0.1) is 0 Å². The molecule has 3 saturated carbocycles. The molecule has 3 fully saturated rings. The maximum Gasteiger partial charge on any atom is 0.302 e. The lowest BCUT2D eigenvalue weighted by molar-refractivity contribution is -0.149. The Kier molecular flexibility index (Phi) is 3.71. The molecule has 3 heteroatoms. The lowest BCUT2D eigenvalue weighted by Crippen LogP contribution is -2.52. The van der Waals surface area contributed by atoms with E-state index in [-0.39, 0.29) is 23.4 Å². The minimum Gasteiger partial charge on any atom is -0.462 e. The molecule has 0 spiro atoms. The van der Waals surface area contributed by atoms with Crippen molar-refractivity contribution in [3.63, 3.8) is 0 Å². The first-order chi connectivity index (χ1) is 11.3. The maximum absolute atomic E-state index is 13.1. The Morgan fingerprint density at radius 1 is 1.12 bits per heavy atom. The summed E-state index contributed by atoms with van der Waals surface area (Å²) in [6.07, 6.45) is 11.0. The predicted molar refractivity (Wildman–Crippen MR) is 92.3 cm³/mol. The van der Waals surface area contributed by atoms with Gasteiger partial charge in [0.1, 0.15) is 6.10 Å². The van der Waals surface area contributed by atoms with E-state index in [2.05, 4.69) is 13.8 Å². The number of carbonyl (C=O) groups excluding carboxylic acids is 2. The van der Waals surface area contributed by atoms with Crippen LogP contribution in [-0.4, -0.2) is 17.9 Å². The van der Waals surface area contributed by atoms with Crippen molar-refractivity contribution in [2.75, 3.05) is 0 Å². The first kappa shape index (κ1) is 16.4. The summed E-state index contributed by atoms with van der Waals surface area (Å²) in [5, 5.41) is 0. The molecule has 0 aromatic heterocycles. The second kappa shape index (κ2) is 5.44. The molecule has 0 N–H and O–H groups in total. The summed E-state index contributed by atoms with van der Waals surface area (Å²) in [6.45, 7) is 6.28. The van der Waals surface area contributed by atoms with Gasteiger partial charge in [0, 0.05) is 19.3 Å². The van der Waals surface area contributed by atoms with E-state index >= 15 is 0 Å². The fourth-order valence-corrected chi connectivity index (χ4v) is 6.69. The summed E-state index contributed by atoms with van der Waals surface area (Å²) in [7, 11) is 0. The Labute approximate surface area is 145 Å². The van der Waals surface area contributed by atoms with Gasteiger partial charge in [-0.2, -0.15) is 0 Å². The molecular weight excluding hydrogens is 300 g/mol. The summed E-state index contributed by atoms with van der Waals surface area (Å²) >= 11 is 0. The van der Waals surface area contributed by atoms with Crippen molar-refractivity contribution in [1.82, 2.24) is 0 Å². The van der Waals surface area contributed by atoms with Gasteiger partial charge in [0.2, 0.25) is 0 Å². The Balaban J connectivity index is 1.65. The maximum atomic E-state index is 13.1. The van der Waals surface area contributed by atoms with Crippen LogP contribution in [0.15, 0.2) is 11.6 Å². The Bertz CT molecular complexity index is 606. The van der Waals surface area contributed by atoms with E-state index in [0.717, 1.165) is 19.3 Å². The summed E-state index contributed by atoms with van der Waals surface area (Å²) < 4.78 is 5.45. The molecule has 24 heavy (non-hydrogen) atoms. The quantitative estimate of drug-likeness (QED) is 0.667. The van der Waals surface area contributed by atoms with Crippen LogP contribution >= 0.6 is 0 Å². The van der Waals surface area contributed by atoms with Gasteiger partial charge < -0.3 is 4.74 Å². The summed E-state index contributed by atoms with van der Waals surface area (Å²) in [5.41, 5.74) is 1.79. The van der Waals surface area contributed by atoms with Crippen molar-refractivity contribution in [1.29, 1.82) is 0 Å². The zero-order valence-corrected chi connectivity index (χ0v) is 15.3. The van der Waals surface area contributed by atoms with Crippen molar-refractivity contribution in [2.45, 2.75) is 78.2 Å². The third-order valence-corrected chi connectivity index (χ3v) is 8.01. The lowest BCUT2D eigenvalue weighted by Gasteiger charge is -2.56. The molecule has 3 nitrogen and oxygen atoms in total. The van der Waals surface area contributed by atoms with Gasteiger partial charge in [-0.05, 0) is 67.3 Å². The molecular formula is C21H30O3. The summed E-state index contributed by atoms with van der Waals surface area (Å²) in [5.74, 6) is 1.49. The Hall–Kier alpha value is -1.12. The zero-order valence-electron chi connectivity index (χ0n) is 15.3. The second-order valence-electron chi connectivity index (χ2n) is 9.29. The minimum atomic E-state index is -0.205. The van der Waals surface area contributed by atoms with Crippen LogP contribution in [0, 0.1) is 28.6 Å². The number of esters is 1. The van der Waals surface area contributed by atoms with Crippen LogP contribution in [0.2, 0.25) is 0 Å². The molecule has 0 saturated heterocycles. The topological polar surface area (TPSA) is 43.4 Å². The minimum absolute atomic E-state index is 0.0356. The fourth-order valence-electron chi connectivity index (χ4n) is 6.69. The second-order valence-corrected chi connectivity index (χ2v) is 9.29. The molecule has 0 aliphatic heterocycles. The number of allylic oxidation sites excluding steroid dienone is 1. The number of hydrogen-bond donors (Lipinski definition) is 0. The van der Waals surface area contributed by atoms with E-state index in [1.54, 1.807) is 0 Å². The van der Waals surface area contributed by atoms with Crippen LogP contribution in [0.5, 0.6) is 0 Å². The predicted octanol–water partition coefficient (Wildman–Crippen LogP) is 4.45. The van der Waals surface area contributed by atoms with Gasteiger partial charge in [0.15, 0.2) is 5.78 Å². The Morgan fingerprint density at radius 3 is 2.67 bits per heavy atom. The number of ether oxygens (including phenoxy) is 1. The average molecular weight is 330 g/mol. The lowest BCUT2D eigenvalue weighted by atomic mass is 9.48. The molecule has 6 atom stereocenters. The van der Waals surface area contributed by atoms with E-state index in [4.69, 9.17) is 4.74 Å². The van der Waals surface area contributed by atoms with Gasteiger partial charge >= 0.3 is 5.97 Å². The van der Waals surface area contributed by atoms with Crippen LogP contribution in [0.25, 0.3) is 0 Å². The van der Waals surface area contributed by atoms with Crippen LogP contribution in [0.4, 0.5) is 0 Å². The number of carbonyl (C=O) groups is 2. The largest absolute Gasteiger partial charge is 0.462 e. The number of ketones is 1. The zero-order chi connectivity index (χ0) is 17.1. The molecule has 4 aliphatic rings. The number of hydrogen-bond acceptors (Lipinski definition) is 3. The summed E-state index contributed by atoms with van der Waals surface area (Å²) in [4.78, 5) is 24.4. The number of fused-ring (bicyclic) bond motifs is 5. The van der Waals surface area contributed by atoms with Crippen molar-refractivity contribution < 1.29 is 14.3 Å². The highest BCUT2D eigenvalue weighted by Gasteiger charge is 2.58. The highest BCUT2D eigenvalue weighted by molar-refractivity contribution is 5.94. The standard InChI is InChI=1S/C21H30O3/c1-13(22)24-15-6-10-21(3)14(11-15)12-18(23)19-16-5-4-8-20(16,2)9-7-17(19)21/h12,15-17,19H,4-11H2,1-3H3/t15-,16?,17?,19?,20-,21-/m0/s1. The SMILES string of the molecule is CC(=O)O[C@H]1CC[C@@]2(C)C(=CC(=O)C3C4CCC[C@@]4(C)CCC32)C1. The van der Waals surface area contributed by atoms with E-state index in [1.807, 2.05) is 6.08 Å². The molecule has 0 bridgehead atoms. The van der Waals surface area contributed by atoms with Gasteiger partial charge in [0.25, 0.3) is 0 Å². The molecule has 132 valence electrons. The molecule has 0 amide bonds. The van der Waals surface area contributed by atoms with Crippen LogP contribution in [0.1, 0.15) is 72.1 Å².